The molecule has 4 nitrogen and oxygen atoms in total. The first kappa shape index (κ1) is 19.3. The summed E-state index contributed by atoms with van der Waals surface area (Å²) in [7, 11) is 1.67. The molecule has 1 aliphatic heterocycles. The predicted octanol–water partition coefficient (Wildman–Crippen LogP) is 4.12. The van der Waals surface area contributed by atoms with Crippen LogP contribution in [0.5, 0.6) is 11.5 Å². The largest absolute Gasteiger partial charge is 0.508 e. The van der Waals surface area contributed by atoms with Gasteiger partial charge in [-0.15, -0.1) is 0 Å². The Balaban J connectivity index is 1.42. The lowest BCUT2D eigenvalue weighted by Gasteiger charge is -2.32. The zero-order valence-electron chi connectivity index (χ0n) is 17.0. The van der Waals surface area contributed by atoms with Crippen LogP contribution in [0.1, 0.15) is 43.7 Å². The predicted molar refractivity (Wildman–Crippen MR) is 111 cm³/mol. The Kier molecular flexibility index (Phi) is 5.11. The summed E-state index contributed by atoms with van der Waals surface area (Å²) in [4.78, 5) is 2.58. The molecule has 150 valence electrons. The molecule has 1 saturated heterocycles. The maximum absolute atomic E-state index is 11.3. The number of likely N-dealkylation sites (tertiary alicyclic amines) is 1. The van der Waals surface area contributed by atoms with Gasteiger partial charge in [0.2, 0.25) is 0 Å². The average Bonchev–Trinajstić information content (AvgIpc) is 3.23. The Labute approximate surface area is 167 Å². The van der Waals surface area contributed by atoms with Crippen molar-refractivity contribution in [2.45, 2.75) is 44.2 Å². The number of rotatable bonds is 5. The van der Waals surface area contributed by atoms with Gasteiger partial charge in [0.25, 0.3) is 0 Å². The molecular formula is C24H31NO3. The minimum absolute atomic E-state index is 0.316. The molecule has 4 rings (SSSR count). The van der Waals surface area contributed by atoms with Gasteiger partial charge in [-0.05, 0) is 72.9 Å². The van der Waals surface area contributed by atoms with Crippen LogP contribution in [0.25, 0.3) is 0 Å². The van der Waals surface area contributed by atoms with Crippen LogP contribution in [0, 0.1) is 11.8 Å². The molecule has 0 spiro atoms. The third kappa shape index (κ3) is 3.51. The monoisotopic (exact) mass is 381 g/mol. The van der Waals surface area contributed by atoms with Crippen molar-refractivity contribution in [2.24, 2.45) is 11.8 Å². The van der Waals surface area contributed by atoms with Crippen molar-refractivity contribution in [3.8, 4) is 11.5 Å². The highest BCUT2D eigenvalue weighted by molar-refractivity contribution is 5.34. The summed E-state index contributed by atoms with van der Waals surface area (Å²) in [5, 5.41) is 20.9. The normalized spacial score (nSPS) is 29.4. The number of phenols is 1. The van der Waals surface area contributed by atoms with Crippen molar-refractivity contribution in [2.75, 3.05) is 20.2 Å². The van der Waals surface area contributed by atoms with Crippen molar-refractivity contribution in [1.29, 1.82) is 0 Å². The molecule has 4 heteroatoms. The van der Waals surface area contributed by atoms with E-state index in [0.717, 1.165) is 37.2 Å². The molecular weight excluding hydrogens is 350 g/mol. The van der Waals surface area contributed by atoms with E-state index in [4.69, 9.17) is 4.74 Å². The Morgan fingerprint density at radius 2 is 1.68 bits per heavy atom. The summed E-state index contributed by atoms with van der Waals surface area (Å²) in [6.45, 7) is 6.64. The Hall–Kier alpha value is -2.04. The number of nitrogens with zero attached hydrogens (tertiary/aromatic N) is 1. The highest BCUT2D eigenvalue weighted by atomic mass is 16.5. The van der Waals surface area contributed by atoms with E-state index in [1.165, 1.54) is 5.56 Å². The van der Waals surface area contributed by atoms with Crippen LogP contribution in [0.3, 0.4) is 0 Å². The van der Waals surface area contributed by atoms with Gasteiger partial charge < -0.3 is 14.9 Å². The molecule has 2 aromatic rings. The average molecular weight is 382 g/mol. The van der Waals surface area contributed by atoms with E-state index in [1.807, 2.05) is 36.4 Å². The SMILES string of the molecule is COc1cccc(C2(O)C[C@H]3CN(C(C)C(C)c4ccc(O)cc4)C[C@H]3C2)c1. The minimum Gasteiger partial charge on any atom is -0.508 e. The summed E-state index contributed by atoms with van der Waals surface area (Å²) in [6, 6.07) is 15.9. The van der Waals surface area contributed by atoms with E-state index in [0.29, 0.717) is 29.5 Å². The number of fused-ring (bicyclic) bond motifs is 1. The molecule has 1 aliphatic carbocycles. The van der Waals surface area contributed by atoms with Gasteiger partial charge in [0.1, 0.15) is 11.5 Å². The van der Waals surface area contributed by atoms with Crippen molar-refractivity contribution in [1.82, 2.24) is 4.90 Å². The van der Waals surface area contributed by atoms with E-state index in [1.54, 1.807) is 19.2 Å². The number of benzene rings is 2. The Morgan fingerprint density at radius 3 is 2.29 bits per heavy atom. The van der Waals surface area contributed by atoms with Gasteiger partial charge in [0.15, 0.2) is 0 Å². The summed E-state index contributed by atoms with van der Waals surface area (Å²) in [5.74, 6) is 2.59. The first-order valence-corrected chi connectivity index (χ1v) is 10.3. The molecule has 2 N–H and O–H groups in total. The first-order chi connectivity index (χ1) is 13.4. The molecule has 3 unspecified atom stereocenters. The molecule has 0 aromatic heterocycles. The zero-order valence-corrected chi connectivity index (χ0v) is 17.0. The van der Waals surface area contributed by atoms with Crippen LogP contribution < -0.4 is 4.74 Å². The van der Waals surface area contributed by atoms with Gasteiger partial charge in [0.05, 0.1) is 12.7 Å². The van der Waals surface area contributed by atoms with E-state index in [-0.39, 0.29) is 0 Å². The number of phenolic OH excluding ortho intramolecular Hbond substituents is 1. The number of hydrogen-bond donors (Lipinski definition) is 2. The highest BCUT2D eigenvalue weighted by Crippen LogP contribution is 2.50. The van der Waals surface area contributed by atoms with Crippen LogP contribution in [0.15, 0.2) is 48.5 Å². The highest BCUT2D eigenvalue weighted by Gasteiger charge is 2.50. The van der Waals surface area contributed by atoms with Gasteiger partial charge >= 0.3 is 0 Å². The van der Waals surface area contributed by atoms with E-state index in [9.17, 15) is 10.2 Å². The Bertz CT molecular complexity index is 805. The molecule has 2 aromatic carbocycles. The molecule has 2 fully saturated rings. The topological polar surface area (TPSA) is 52.9 Å². The lowest BCUT2D eigenvalue weighted by molar-refractivity contribution is 0.0290. The number of aromatic hydroxyl groups is 1. The first-order valence-electron chi connectivity index (χ1n) is 10.3. The maximum atomic E-state index is 11.3. The number of aliphatic hydroxyl groups is 1. The van der Waals surface area contributed by atoms with Crippen LogP contribution in [0.2, 0.25) is 0 Å². The van der Waals surface area contributed by atoms with Crippen molar-refractivity contribution in [3.05, 3.63) is 59.7 Å². The molecule has 0 radical (unpaired) electrons. The van der Waals surface area contributed by atoms with E-state index >= 15 is 0 Å². The summed E-state index contributed by atoms with van der Waals surface area (Å²) >= 11 is 0. The molecule has 5 atom stereocenters. The maximum Gasteiger partial charge on any atom is 0.119 e. The molecule has 1 heterocycles. The van der Waals surface area contributed by atoms with E-state index in [2.05, 4.69) is 18.7 Å². The summed E-state index contributed by atoms with van der Waals surface area (Å²) < 4.78 is 5.34. The molecule has 0 bridgehead atoms. The van der Waals surface area contributed by atoms with Crippen LogP contribution in [-0.4, -0.2) is 41.4 Å². The van der Waals surface area contributed by atoms with Crippen molar-refractivity contribution >= 4 is 0 Å². The van der Waals surface area contributed by atoms with Crippen LogP contribution in [-0.2, 0) is 5.60 Å². The zero-order chi connectivity index (χ0) is 19.9. The molecule has 28 heavy (non-hydrogen) atoms. The quantitative estimate of drug-likeness (QED) is 0.818. The van der Waals surface area contributed by atoms with E-state index < -0.39 is 5.60 Å². The fraction of sp³-hybridized carbons (Fsp3) is 0.500. The minimum atomic E-state index is -0.734. The fourth-order valence-corrected chi connectivity index (χ4v) is 5.24. The van der Waals surface area contributed by atoms with Gasteiger partial charge in [-0.25, -0.2) is 0 Å². The fourth-order valence-electron chi connectivity index (χ4n) is 5.24. The molecule has 1 saturated carbocycles. The second kappa shape index (κ2) is 7.41. The Morgan fingerprint density at radius 1 is 1.04 bits per heavy atom. The van der Waals surface area contributed by atoms with Gasteiger partial charge in [-0.3, -0.25) is 4.90 Å². The second-order valence-electron chi connectivity index (χ2n) is 8.77. The van der Waals surface area contributed by atoms with Crippen LogP contribution in [0.4, 0.5) is 0 Å². The number of hydrogen-bond acceptors (Lipinski definition) is 4. The van der Waals surface area contributed by atoms with Gasteiger partial charge in [-0.2, -0.15) is 0 Å². The van der Waals surface area contributed by atoms with Crippen molar-refractivity contribution in [3.63, 3.8) is 0 Å². The van der Waals surface area contributed by atoms with Crippen LogP contribution >= 0.6 is 0 Å². The standard InChI is InChI=1S/C24H31NO3/c1-16(18-7-9-22(26)10-8-18)17(2)25-14-19-12-24(27,13-20(19)15-25)21-5-4-6-23(11-21)28-3/h4-11,16-17,19-20,26-27H,12-15H2,1-3H3/t16?,17?,19-,20+,24?. The van der Waals surface area contributed by atoms with Gasteiger partial charge in [-0.1, -0.05) is 31.2 Å². The lowest BCUT2D eigenvalue weighted by atomic mass is 9.89. The third-order valence-corrected chi connectivity index (χ3v) is 7.13. The number of methoxy groups -OCH3 is 1. The second-order valence-corrected chi connectivity index (χ2v) is 8.77. The molecule has 2 aliphatic rings. The summed E-state index contributed by atoms with van der Waals surface area (Å²) in [6.07, 6.45) is 1.64. The van der Waals surface area contributed by atoms with Gasteiger partial charge in [0, 0.05) is 19.1 Å². The van der Waals surface area contributed by atoms with Crippen molar-refractivity contribution < 1.29 is 14.9 Å². The third-order valence-electron chi connectivity index (χ3n) is 7.13. The molecule has 0 amide bonds. The smallest absolute Gasteiger partial charge is 0.119 e. The summed E-state index contributed by atoms with van der Waals surface area (Å²) in [5.41, 5.74) is 1.51. The lowest BCUT2D eigenvalue weighted by Crippen LogP contribution is -2.37. The number of ether oxygens (including phenoxy) is 1.